The number of hydrogen-bond acceptors (Lipinski definition) is 2. The first kappa shape index (κ1) is 10.8. The second-order valence-electron chi connectivity index (χ2n) is 3.69. The van der Waals surface area contributed by atoms with E-state index >= 15 is 0 Å². The summed E-state index contributed by atoms with van der Waals surface area (Å²) in [5.41, 5.74) is 2.69. The number of imidazole rings is 1. The fourth-order valence-corrected chi connectivity index (χ4v) is 1.71. The van der Waals surface area contributed by atoms with Gasteiger partial charge < -0.3 is 9.88 Å². The van der Waals surface area contributed by atoms with Crippen molar-refractivity contribution in [1.82, 2.24) is 14.9 Å². The van der Waals surface area contributed by atoms with Crippen LogP contribution in [0, 0.1) is 5.82 Å². The molecule has 0 radical (unpaired) electrons. The number of aromatic nitrogens is 2. The summed E-state index contributed by atoms with van der Waals surface area (Å²) in [6.45, 7) is 0.711. The molecular formula is C12H14FN3. The summed E-state index contributed by atoms with van der Waals surface area (Å²) in [6, 6.07) is 6.50. The Balaban J connectivity index is 2.47. The molecule has 16 heavy (non-hydrogen) atoms. The number of halogens is 1. The van der Waals surface area contributed by atoms with Gasteiger partial charge in [-0.05, 0) is 19.2 Å². The van der Waals surface area contributed by atoms with Crippen LogP contribution in [-0.2, 0) is 13.6 Å². The normalized spacial score (nSPS) is 10.7. The van der Waals surface area contributed by atoms with Crippen LogP contribution in [0.1, 0.15) is 5.69 Å². The number of aryl methyl sites for hydroxylation is 1. The minimum absolute atomic E-state index is 0.237. The third kappa shape index (κ3) is 1.97. The van der Waals surface area contributed by atoms with Gasteiger partial charge in [0.15, 0.2) is 0 Å². The number of nitrogens with one attached hydrogen (secondary N) is 1. The molecule has 0 aliphatic heterocycles. The number of benzene rings is 1. The van der Waals surface area contributed by atoms with Gasteiger partial charge in [-0.3, -0.25) is 0 Å². The van der Waals surface area contributed by atoms with E-state index in [1.54, 1.807) is 12.4 Å². The second kappa shape index (κ2) is 4.45. The lowest BCUT2D eigenvalue weighted by Gasteiger charge is -2.05. The van der Waals surface area contributed by atoms with Crippen molar-refractivity contribution >= 4 is 0 Å². The maximum atomic E-state index is 13.1. The summed E-state index contributed by atoms with van der Waals surface area (Å²) < 4.78 is 15.1. The SMILES string of the molecule is CNCc1c(-c2cccc(F)c2)ncn1C. The van der Waals surface area contributed by atoms with E-state index in [2.05, 4.69) is 10.3 Å². The molecule has 0 spiro atoms. The maximum absolute atomic E-state index is 13.1. The lowest BCUT2D eigenvalue weighted by atomic mass is 10.1. The third-order valence-corrected chi connectivity index (χ3v) is 2.50. The number of rotatable bonds is 3. The van der Waals surface area contributed by atoms with E-state index in [9.17, 15) is 4.39 Å². The fourth-order valence-electron chi connectivity index (χ4n) is 1.71. The van der Waals surface area contributed by atoms with E-state index in [1.807, 2.05) is 24.7 Å². The third-order valence-electron chi connectivity index (χ3n) is 2.50. The van der Waals surface area contributed by atoms with Crippen LogP contribution in [-0.4, -0.2) is 16.6 Å². The maximum Gasteiger partial charge on any atom is 0.123 e. The molecule has 0 atom stereocenters. The second-order valence-corrected chi connectivity index (χ2v) is 3.69. The molecule has 4 heteroatoms. The minimum Gasteiger partial charge on any atom is -0.336 e. The molecule has 1 aromatic carbocycles. The van der Waals surface area contributed by atoms with Crippen LogP contribution in [0.5, 0.6) is 0 Å². The Hall–Kier alpha value is -1.68. The van der Waals surface area contributed by atoms with Crippen LogP contribution >= 0.6 is 0 Å². The van der Waals surface area contributed by atoms with Gasteiger partial charge >= 0.3 is 0 Å². The molecule has 0 aliphatic rings. The van der Waals surface area contributed by atoms with Gasteiger partial charge in [0.2, 0.25) is 0 Å². The Labute approximate surface area is 93.9 Å². The van der Waals surface area contributed by atoms with Gasteiger partial charge in [-0.15, -0.1) is 0 Å². The van der Waals surface area contributed by atoms with Crippen molar-refractivity contribution in [2.24, 2.45) is 7.05 Å². The smallest absolute Gasteiger partial charge is 0.123 e. The number of nitrogens with zero attached hydrogens (tertiary/aromatic N) is 2. The summed E-state index contributed by atoms with van der Waals surface area (Å²) in [4.78, 5) is 4.30. The zero-order chi connectivity index (χ0) is 11.5. The van der Waals surface area contributed by atoms with E-state index in [-0.39, 0.29) is 5.82 Å². The van der Waals surface area contributed by atoms with Gasteiger partial charge in [0.05, 0.1) is 17.7 Å². The van der Waals surface area contributed by atoms with Crippen LogP contribution in [0.25, 0.3) is 11.3 Å². The molecule has 2 aromatic rings. The molecule has 1 heterocycles. The van der Waals surface area contributed by atoms with Crippen LogP contribution in [0.4, 0.5) is 4.39 Å². The summed E-state index contributed by atoms with van der Waals surface area (Å²) >= 11 is 0. The zero-order valence-electron chi connectivity index (χ0n) is 9.37. The monoisotopic (exact) mass is 219 g/mol. The first-order valence-corrected chi connectivity index (χ1v) is 5.13. The summed E-state index contributed by atoms with van der Waals surface area (Å²) in [6.07, 6.45) is 1.74. The van der Waals surface area contributed by atoms with Crippen LogP contribution in [0.2, 0.25) is 0 Å². The molecule has 1 aromatic heterocycles. The highest BCUT2D eigenvalue weighted by Gasteiger charge is 2.10. The highest BCUT2D eigenvalue weighted by Crippen LogP contribution is 2.22. The quantitative estimate of drug-likeness (QED) is 0.855. The van der Waals surface area contributed by atoms with Gasteiger partial charge in [-0.2, -0.15) is 0 Å². The Kier molecular flexibility index (Phi) is 3.01. The van der Waals surface area contributed by atoms with Crippen LogP contribution < -0.4 is 5.32 Å². The average Bonchev–Trinajstić information content (AvgIpc) is 2.61. The predicted octanol–water partition coefficient (Wildman–Crippen LogP) is 1.95. The van der Waals surface area contributed by atoms with E-state index in [0.29, 0.717) is 6.54 Å². The Morgan fingerprint density at radius 2 is 2.25 bits per heavy atom. The van der Waals surface area contributed by atoms with Gasteiger partial charge in [-0.1, -0.05) is 12.1 Å². The summed E-state index contributed by atoms with van der Waals surface area (Å²) in [5, 5.41) is 3.08. The van der Waals surface area contributed by atoms with Crippen molar-refractivity contribution in [2.45, 2.75) is 6.54 Å². The Morgan fingerprint density at radius 3 is 2.94 bits per heavy atom. The van der Waals surface area contributed by atoms with E-state index < -0.39 is 0 Å². The van der Waals surface area contributed by atoms with Gasteiger partial charge in [0.1, 0.15) is 5.82 Å². The molecule has 0 saturated heterocycles. The fraction of sp³-hybridized carbons (Fsp3) is 0.250. The molecule has 84 valence electrons. The lowest BCUT2D eigenvalue weighted by molar-refractivity contribution is 0.628. The topological polar surface area (TPSA) is 29.9 Å². The highest BCUT2D eigenvalue weighted by molar-refractivity contribution is 5.61. The van der Waals surface area contributed by atoms with Crippen molar-refractivity contribution < 1.29 is 4.39 Å². The predicted molar refractivity (Wildman–Crippen MR) is 61.4 cm³/mol. The van der Waals surface area contributed by atoms with Gasteiger partial charge in [-0.25, -0.2) is 9.37 Å². The van der Waals surface area contributed by atoms with Crippen molar-refractivity contribution in [3.8, 4) is 11.3 Å². The molecule has 1 N–H and O–H groups in total. The summed E-state index contributed by atoms with van der Waals surface area (Å²) in [5.74, 6) is -0.237. The van der Waals surface area contributed by atoms with E-state index in [0.717, 1.165) is 17.0 Å². The van der Waals surface area contributed by atoms with Crippen molar-refractivity contribution in [1.29, 1.82) is 0 Å². The number of hydrogen-bond donors (Lipinski definition) is 1. The van der Waals surface area contributed by atoms with Crippen LogP contribution in [0.3, 0.4) is 0 Å². The van der Waals surface area contributed by atoms with E-state index in [4.69, 9.17) is 0 Å². The molecule has 2 rings (SSSR count). The molecule has 3 nitrogen and oxygen atoms in total. The molecule has 0 amide bonds. The molecular weight excluding hydrogens is 205 g/mol. The van der Waals surface area contributed by atoms with Crippen molar-refractivity contribution in [3.05, 3.63) is 42.1 Å². The first-order chi connectivity index (χ1) is 7.72. The van der Waals surface area contributed by atoms with E-state index in [1.165, 1.54) is 12.1 Å². The Morgan fingerprint density at radius 1 is 1.44 bits per heavy atom. The van der Waals surface area contributed by atoms with Crippen LogP contribution in [0.15, 0.2) is 30.6 Å². The van der Waals surface area contributed by atoms with Gasteiger partial charge in [0, 0.05) is 19.2 Å². The first-order valence-electron chi connectivity index (χ1n) is 5.13. The summed E-state index contributed by atoms with van der Waals surface area (Å²) in [7, 11) is 3.81. The minimum atomic E-state index is -0.237. The largest absolute Gasteiger partial charge is 0.336 e. The average molecular weight is 219 g/mol. The Bertz CT molecular complexity index is 491. The lowest BCUT2D eigenvalue weighted by Crippen LogP contribution is -2.09. The molecule has 0 bridgehead atoms. The molecule has 0 aliphatic carbocycles. The van der Waals surface area contributed by atoms with Crippen molar-refractivity contribution in [2.75, 3.05) is 7.05 Å². The highest BCUT2D eigenvalue weighted by atomic mass is 19.1. The van der Waals surface area contributed by atoms with Gasteiger partial charge in [0.25, 0.3) is 0 Å². The zero-order valence-corrected chi connectivity index (χ0v) is 9.37. The molecule has 0 unspecified atom stereocenters. The van der Waals surface area contributed by atoms with Crippen molar-refractivity contribution in [3.63, 3.8) is 0 Å². The standard InChI is InChI=1S/C12H14FN3/c1-14-7-11-12(15-8-16(11)2)9-4-3-5-10(13)6-9/h3-6,8,14H,7H2,1-2H3. The molecule has 0 fully saturated rings. The molecule has 0 saturated carbocycles.